The Bertz CT molecular complexity index is 5510. The Labute approximate surface area is 858 Å². The number of halogens is 6. The molecule has 12 aromatic rings. The predicted octanol–water partition coefficient (Wildman–Crippen LogP) is 36.2. The van der Waals surface area contributed by atoms with Gasteiger partial charge in [0, 0.05) is 54.4 Å². The van der Waals surface area contributed by atoms with Crippen molar-refractivity contribution in [2.45, 2.75) is 277 Å². The number of ether oxygens (including phenoxy) is 3. The molecule has 772 valence electrons. The molecule has 15 heteroatoms. The number of hydrogen-bond acceptors (Lipinski definition) is 8. The maximum Gasteiger partial charge on any atom is 0.402 e. The molecule has 12 aromatic carbocycles. The van der Waals surface area contributed by atoms with E-state index in [-0.39, 0.29) is 57.9 Å². The number of ketones is 2. The maximum absolute atomic E-state index is 12.5. The first-order valence-electron chi connectivity index (χ1n) is 49.1. The molecule has 0 radical (unpaired) electrons. The van der Waals surface area contributed by atoms with Crippen LogP contribution in [-0.4, -0.2) is 85.8 Å². The summed E-state index contributed by atoms with van der Waals surface area (Å²) in [5.74, 6) is 1.62. The van der Waals surface area contributed by atoms with Crippen LogP contribution in [0.1, 0.15) is 314 Å². The van der Waals surface area contributed by atoms with Gasteiger partial charge in [-0.15, -0.1) is 0 Å². The van der Waals surface area contributed by atoms with Gasteiger partial charge in [-0.2, -0.15) is 38.1 Å². The Morgan fingerprint density at radius 1 is 0.338 bits per heavy atom. The number of carbonyl (C=O) groups is 2. The first-order chi connectivity index (χ1) is 65.7. The molecule has 0 N–H and O–H groups in total. The van der Waals surface area contributed by atoms with Gasteiger partial charge in [0.25, 0.3) is 0 Å². The van der Waals surface area contributed by atoms with Crippen LogP contribution in [-0.2, 0) is 47.1 Å². The summed E-state index contributed by atoms with van der Waals surface area (Å²) in [7, 11) is 3.86. The molecular formula is C127H168F6O7S2. The fraction of sp³-hybridized carbons (Fsp3) is 0.417. The normalized spacial score (nSPS) is 13.2. The van der Waals surface area contributed by atoms with Crippen molar-refractivity contribution in [3.63, 3.8) is 0 Å². The van der Waals surface area contributed by atoms with Gasteiger partial charge in [-0.3, -0.25) is 9.59 Å². The van der Waals surface area contributed by atoms with Crippen molar-refractivity contribution in [2.75, 3.05) is 53.5 Å². The van der Waals surface area contributed by atoms with Crippen molar-refractivity contribution >= 4 is 33.2 Å². The Balaban J connectivity index is 0.000000416. The first kappa shape index (κ1) is 126. The molecule has 0 spiro atoms. The Kier molecular flexibility index (Phi) is 49.6. The second-order valence-electron chi connectivity index (χ2n) is 44.3. The molecule has 3 aliphatic carbocycles. The Morgan fingerprint density at radius 2 is 0.556 bits per heavy atom. The molecule has 0 saturated heterocycles. The Hall–Kier alpha value is -10.6. The van der Waals surface area contributed by atoms with Gasteiger partial charge in [0.15, 0.2) is 17.0 Å². The molecule has 0 unspecified atom stereocenters. The number of rotatable bonds is 8. The zero-order chi connectivity index (χ0) is 108. The third-order valence-corrected chi connectivity index (χ3v) is 23.6. The monoisotopic (exact) mass is 1980 g/mol. The summed E-state index contributed by atoms with van der Waals surface area (Å²) in [4.78, 5) is 24.9. The van der Waals surface area contributed by atoms with E-state index >= 15 is 0 Å². The molecule has 15 rings (SSSR count). The summed E-state index contributed by atoms with van der Waals surface area (Å²) in [6, 6.07) is 101. The minimum atomic E-state index is -5.24. The molecule has 0 heterocycles. The second kappa shape index (κ2) is 56.0. The molecule has 1 fully saturated rings. The number of carbonyl (C=O) groups excluding carboxylic acids is 2. The van der Waals surface area contributed by atoms with Crippen molar-refractivity contribution in [1.29, 1.82) is 0 Å². The lowest BCUT2D eigenvalue weighted by Crippen LogP contribution is -2.44. The quantitative estimate of drug-likeness (QED) is 0.110. The SMILES string of the molecule is CC(C)(C(F)(F)F)C(F)(F)F.CC(C)(C)C.CC(C)(C)c1ccc(C(C)(C)C)cc1.CC(C)(C)c1cccc(C(C)(C)C)c1.CC1(C)CCCCC1.CC1(C)c2ccccc2-c2ccccc21.CCC.COC.COc1ccc(OC)cc1.CS(C)(=O)=O.CSC.Cc1ccc(C(=O)c2ccc(C(=O)c3ccc(C)cc3)cc2)cc1.Cc1ccc(C2(c3ccc(C)cc3)c3ccccc3-c3ccccc32)cc1. The predicted molar refractivity (Wildman–Crippen MR) is 597 cm³/mol. The molecule has 0 amide bonds. The fourth-order valence-corrected chi connectivity index (χ4v) is 15.1. The van der Waals surface area contributed by atoms with E-state index in [9.17, 15) is 44.3 Å². The number of thioether (sulfide) groups is 1. The van der Waals surface area contributed by atoms with Crippen molar-refractivity contribution < 1.29 is 58.6 Å². The van der Waals surface area contributed by atoms with Gasteiger partial charge in [0.1, 0.15) is 21.3 Å². The molecule has 142 heavy (non-hydrogen) atoms. The minimum absolute atomic E-state index is 0.0377. The molecular weight excluding hydrogens is 1820 g/mol. The fourth-order valence-electron chi connectivity index (χ4n) is 15.1. The van der Waals surface area contributed by atoms with Crippen LogP contribution in [0.15, 0.2) is 291 Å². The number of fused-ring (bicyclic) bond motifs is 6. The van der Waals surface area contributed by atoms with Crippen LogP contribution >= 0.6 is 11.8 Å². The van der Waals surface area contributed by atoms with Crippen LogP contribution in [0.4, 0.5) is 26.3 Å². The van der Waals surface area contributed by atoms with Gasteiger partial charge >= 0.3 is 12.4 Å². The molecule has 3 aliphatic rings. The minimum Gasteiger partial charge on any atom is -0.497 e. The molecule has 0 atom stereocenters. The highest BCUT2D eigenvalue weighted by atomic mass is 32.2. The van der Waals surface area contributed by atoms with E-state index in [0.29, 0.717) is 33.1 Å². The summed E-state index contributed by atoms with van der Waals surface area (Å²) in [6.45, 7) is 57.9. The summed E-state index contributed by atoms with van der Waals surface area (Å²) in [6.07, 6.45) is 4.47. The third-order valence-electron chi connectivity index (χ3n) is 23.6. The highest BCUT2D eigenvalue weighted by Crippen LogP contribution is 2.57. The van der Waals surface area contributed by atoms with Crippen molar-refractivity contribution in [2.24, 2.45) is 16.2 Å². The molecule has 0 bridgehead atoms. The zero-order valence-corrected chi connectivity index (χ0v) is 94.0. The number of hydrogen-bond donors (Lipinski definition) is 0. The Morgan fingerprint density at radius 3 is 0.768 bits per heavy atom. The van der Waals surface area contributed by atoms with Gasteiger partial charge in [-0.25, -0.2) is 8.42 Å². The van der Waals surface area contributed by atoms with E-state index in [0.717, 1.165) is 35.1 Å². The van der Waals surface area contributed by atoms with E-state index < -0.39 is 27.6 Å². The van der Waals surface area contributed by atoms with E-state index in [2.05, 4.69) is 365 Å². The number of alkyl halides is 6. The highest BCUT2D eigenvalue weighted by Gasteiger charge is 2.64. The van der Waals surface area contributed by atoms with E-state index in [4.69, 9.17) is 9.47 Å². The van der Waals surface area contributed by atoms with Crippen molar-refractivity contribution in [1.82, 2.24) is 0 Å². The second-order valence-corrected chi connectivity index (χ2v) is 47.4. The summed E-state index contributed by atoms with van der Waals surface area (Å²) >= 11 is 1.75. The van der Waals surface area contributed by atoms with Gasteiger partial charge in [0.05, 0.1) is 19.6 Å². The lowest BCUT2D eigenvalue weighted by Gasteiger charge is -2.34. The van der Waals surface area contributed by atoms with Gasteiger partial charge in [0.2, 0.25) is 0 Å². The summed E-state index contributed by atoms with van der Waals surface area (Å²) in [5, 5.41) is 0. The first-order valence-corrected chi connectivity index (χ1v) is 53.0. The smallest absolute Gasteiger partial charge is 0.402 e. The van der Waals surface area contributed by atoms with Gasteiger partial charge in [-0.1, -0.05) is 467 Å². The lowest BCUT2D eigenvalue weighted by molar-refractivity contribution is -0.327. The van der Waals surface area contributed by atoms with Gasteiger partial charge in [-0.05, 0) is 202 Å². The number of benzene rings is 12. The third kappa shape index (κ3) is 40.6. The summed E-state index contributed by atoms with van der Waals surface area (Å²) in [5.41, 5.74) is 25.2. The lowest BCUT2D eigenvalue weighted by atomic mass is 9.67. The largest absolute Gasteiger partial charge is 0.497 e. The van der Waals surface area contributed by atoms with Gasteiger partial charge < -0.3 is 14.2 Å². The van der Waals surface area contributed by atoms with E-state index in [1.54, 1.807) is 64.5 Å². The number of sulfone groups is 1. The molecule has 1 saturated carbocycles. The van der Waals surface area contributed by atoms with Crippen LogP contribution < -0.4 is 9.47 Å². The standard InChI is InChI=1S/C27H22.C22H18O2.C15H14.2C14H22.C8H10O2.C8H16.C5H6F6.C5H12.C3H8.C2H6O2S.C2H6O.C2H6S/c1-19-11-15-21(16-12-19)27(22-17-13-20(2)14-18-22)25-9-5-3-7-23(25)24-8-4-6-10-26(24)27;1-15-3-7-17(8-4-15)21(23)19-11-13-20(14-12-19)22(24)18-9-5-16(2)6-10-18;1-15(2)13-9-5-3-7-11(13)12-8-4-6-10-14(12)15;1-13(2,3)11-7-9-12(10-8-11)14(4,5)6;1-13(2,3)11-8-7-9-12(10-11)14(4,5)6;1-9-7-3-5-8(10-2)6-4-7;1-8(2)6-4-3-5-7-8;1-3(2,4(6,7)8)5(9,10)11;1-5(2,3)4;1-3-2;1-5(2,3)4;2*1-3-2/h3-18H,1-2H3;3-14H,1-2H3;3-10H,1-2H3;2*7-10H,1-6H3;3-6H,1-2H3;3-7H2,1-2H3;1-2H3;1-4H3;3H2,1-2H3;1-2H3;2*1-2H3. The van der Waals surface area contributed by atoms with Crippen LogP contribution in [0.25, 0.3) is 22.3 Å². The average Bonchev–Trinajstić information content (AvgIpc) is 1.54. The maximum atomic E-state index is 12.5. The summed E-state index contributed by atoms with van der Waals surface area (Å²) < 4.78 is 103. The zero-order valence-electron chi connectivity index (χ0n) is 92.4. The average molecular weight is 1980 g/mol. The van der Waals surface area contributed by atoms with Crippen molar-refractivity contribution in [3.05, 3.63) is 391 Å². The van der Waals surface area contributed by atoms with E-state index in [1.807, 2.05) is 99.2 Å². The van der Waals surface area contributed by atoms with E-state index in [1.165, 1.54) is 128 Å². The van der Waals surface area contributed by atoms with Crippen LogP contribution in [0.5, 0.6) is 11.5 Å². The van der Waals surface area contributed by atoms with Crippen LogP contribution in [0.2, 0.25) is 0 Å². The number of aryl methyl sites for hydroxylation is 4. The number of methoxy groups -OCH3 is 3. The topological polar surface area (TPSA) is 96.0 Å². The molecule has 7 nitrogen and oxygen atoms in total. The molecule has 0 aliphatic heterocycles. The van der Waals surface area contributed by atoms with Crippen molar-refractivity contribution in [3.8, 4) is 33.8 Å². The van der Waals surface area contributed by atoms with Crippen LogP contribution in [0.3, 0.4) is 0 Å². The highest BCUT2D eigenvalue weighted by molar-refractivity contribution is 7.97. The molecule has 0 aromatic heterocycles. The van der Waals surface area contributed by atoms with Crippen LogP contribution in [0, 0.1) is 43.9 Å².